The fraction of sp³-hybridized carbons (Fsp3) is 0.368. The van der Waals surface area contributed by atoms with E-state index in [1.807, 2.05) is 0 Å². The van der Waals surface area contributed by atoms with E-state index in [1.54, 1.807) is 0 Å². The highest BCUT2D eigenvalue weighted by atomic mass is 35.5. The van der Waals surface area contributed by atoms with Crippen LogP contribution in [-0.2, 0) is 32.8 Å². The quantitative estimate of drug-likeness (QED) is 0.623. The number of carbonyl (C=O) groups excluding carboxylic acids is 2. The van der Waals surface area contributed by atoms with Gasteiger partial charge in [0.25, 0.3) is 5.91 Å². The summed E-state index contributed by atoms with van der Waals surface area (Å²) in [4.78, 5) is 24.3. The van der Waals surface area contributed by atoms with Crippen LogP contribution in [0.4, 0.5) is 18.9 Å². The normalized spacial score (nSPS) is 15.0. The van der Waals surface area contributed by atoms with Crippen molar-refractivity contribution in [2.45, 2.75) is 23.9 Å². The van der Waals surface area contributed by atoms with Crippen molar-refractivity contribution < 1.29 is 35.9 Å². The Morgan fingerprint density at radius 1 is 1.19 bits per heavy atom. The van der Waals surface area contributed by atoms with E-state index in [0.29, 0.717) is 19.2 Å². The van der Waals surface area contributed by atoms with Gasteiger partial charge in [-0.2, -0.15) is 17.5 Å². The lowest BCUT2D eigenvalue weighted by Crippen LogP contribution is -2.27. The predicted octanol–water partition coefficient (Wildman–Crippen LogP) is 3.28. The molecular formula is C19H19ClF3N3O5S. The lowest BCUT2D eigenvalue weighted by atomic mass is 10.2. The number of aryl methyl sites for hydroxylation is 1. The van der Waals surface area contributed by atoms with E-state index in [0.717, 1.165) is 25.0 Å². The molecule has 0 bridgehead atoms. The Kier molecular flexibility index (Phi) is 6.86. The SMILES string of the molecule is Cn1cc(S(=O)(=O)N2CCCC2)cc1C(=O)OCC(=O)Nc1ccc(Cl)c(C(F)(F)F)c1. The van der Waals surface area contributed by atoms with Crippen molar-refractivity contribution in [1.29, 1.82) is 0 Å². The van der Waals surface area contributed by atoms with Crippen LogP contribution in [-0.4, -0.2) is 48.9 Å². The van der Waals surface area contributed by atoms with Gasteiger partial charge in [-0.25, -0.2) is 13.2 Å². The molecule has 2 heterocycles. The smallest absolute Gasteiger partial charge is 0.417 e. The second-order valence-electron chi connectivity index (χ2n) is 7.10. The van der Waals surface area contributed by atoms with Crippen LogP contribution in [0.1, 0.15) is 28.9 Å². The number of alkyl halides is 3. The maximum Gasteiger partial charge on any atom is 0.417 e. The number of esters is 1. The molecule has 0 atom stereocenters. The van der Waals surface area contributed by atoms with Crippen molar-refractivity contribution in [2.24, 2.45) is 7.05 Å². The maximum atomic E-state index is 12.9. The maximum absolute atomic E-state index is 12.9. The minimum absolute atomic E-state index is 0.0702. The van der Waals surface area contributed by atoms with Gasteiger partial charge in [0, 0.05) is 32.0 Å². The molecule has 32 heavy (non-hydrogen) atoms. The molecule has 0 aliphatic carbocycles. The number of carbonyl (C=O) groups is 2. The molecule has 0 unspecified atom stereocenters. The molecule has 1 aromatic carbocycles. The van der Waals surface area contributed by atoms with Gasteiger partial charge in [0.1, 0.15) is 10.6 Å². The van der Waals surface area contributed by atoms with Gasteiger partial charge in [-0.05, 0) is 37.1 Å². The number of hydrogen-bond acceptors (Lipinski definition) is 5. The van der Waals surface area contributed by atoms with Crippen LogP contribution >= 0.6 is 11.6 Å². The molecule has 174 valence electrons. The highest BCUT2D eigenvalue weighted by Gasteiger charge is 2.33. The fourth-order valence-electron chi connectivity index (χ4n) is 3.18. The molecule has 1 aliphatic heterocycles. The zero-order valence-corrected chi connectivity index (χ0v) is 18.4. The molecule has 0 spiro atoms. The molecular weight excluding hydrogens is 475 g/mol. The summed E-state index contributed by atoms with van der Waals surface area (Å²) in [6, 6.07) is 3.97. The molecule has 8 nitrogen and oxygen atoms in total. The zero-order valence-electron chi connectivity index (χ0n) is 16.8. The summed E-state index contributed by atoms with van der Waals surface area (Å²) >= 11 is 5.53. The Morgan fingerprint density at radius 2 is 1.84 bits per heavy atom. The number of nitrogens with zero attached hydrogens (tertiary/aromatic N) is 2. The number of halogens is 4. The second kappa shape index (κ2) is 9.12. The molecule has 2 aromatic rings. The Morgan fingerprint density at radius 3 is 2.47 bits per heavy atom. The number of hydrogen-bond donors (Lipinski definition) is 1. The van der Waals surface area contributed by atoms with Crippen LogP contribution in [0.15, 0.2) is 35.4 Å². The van der Waals surface area contributed by atoms with Crippen molar-refractivity contribution in [2.75, 3.05) is 25.0 Å². The number of amides is 1. The third-order valence-corrected chi connectivity index (χ3v) is 6.98. The first-order valence-electron chi connectivity index (χ1n) is 9.40. The lowest BCUT2D eigenvalue weighted by molar-refractivity contribution is -0.137. The van der Waals surface area contributed by atoms with E-state index in [2.05, 4.69) is 5.32 Å². The summed E-state index contributed by atoms with van der Waals surface area (Å²) in [5.74, 6) is -1.84. The number of rotatable bonds is 6. The van der Waals surface area contributed by atoms with Gasteiger partial charge < -0.3 is 14.6 Å². The molecule has 1 aromatic heterocycles. The van der Waals surface area contributed by atoms with E-state index < -0.39 is 45.3 Å². The monoisotopic (exact) mass is 493 g/mol. The number of nitrogens with one attached hydrogen (secondary N) is 1. The van der Waals surface area contributed by atoms with Gasteiger partial charge in [0.15, 0.2) is 6.61 Å². The molecule has 1 N–H and O–H groups in total. The van der Waals surface area contributed by atoms with E-state index >= 15 is 0 Å². The topological polar surface area (TPSA) is 97.7 Å². The van der Waals surface area contributed by atoms with Crippen LogP contribution in [0.2, 0.25) is 5.02 Å². The van der Waals surface area contributed by atoms with E-state index in [-0.39, 0.29) is 16.3 Å². The van der Waals surface area contributed by atoms with E-state index in [1.165, 1.54) is 28.2 Å². The van der Waals surface area contributed by atoms with Crippen LogP contribution < -0.4 is 5.32 Å². The second-order valence-corrected chi connectivity index (χ2v) is 9.44. The van der Waals surface area contributed by atoms with E-state index in [9.17, 15) is 31.2 Å². The van der Waals surface area contributed by atoms with Crippen LogP contribution in [0, 0.1) is 0 Å². The summed E-state index contributed by atoms with van der Waals surface area (Å²) in [5, 5.41) is 1.66. The molecule has 1 saturated heterocycles. The van der Waals surface area contributed by atoms with Crippen molar-refractivity contribution >= 4 is 39.2 Å². The summed E-state index contributed by atoms with van der Waals surface area (Å²) in [6.07, 6.45) is -1.91. The van der Waals surface area contributed by atoms with Gasteiger partial charge in [-0.15, -0.1) is 0 Å². The predicted molar refractivity (Wildman–Crippen MR) is 109 cm³/mol. The van der Waals surface area contributed by atoms with Gasteiger partial charge >= 0.3 is 12.1 Å². The van der Waals surface area contributed by atoms with Crippen LogP contribution in [0.5, 0.6) is 0 Å². The first-order valence-corrected chi connectivity index (χ1v) is 11.2. The largest absolute Gasteiger partial charge is 0.451 e. The highest BCUT2D eigenvalue weighted by Crippen LogP contribution is 2.36. The molecule has 1 fully saturated rings. The summed E-state index contributed by atoms with van der Waals surface area (Å²) in [5.41, 5.74) is -1.40. The lowest BCUT2D eigenvalue weighted by Gasteiger charge is -2.13. The first kappa shape index (κ1) is 24.1. The summed E-state index contributed by atoms with van der Waals surface area (Å²) in [6.45, 7) is 0.0120. The zero-order chi connectivity index (χ0) is 23.7. The van der Waals surface area contributed by atoms with Gasteiger partial charge in [0.05, 0.1) is 10.6 Å². The average Bonchev–Trinajstić information content (AvgIpc) is 3.37. The number of aromatic nitrogens is 1. The van der Waals surface area contributed by atoms with E-state index in [4.69, 9.17) is 16.3 Å². The fourth-order valence-corrected chi connectivity index (χ4v) is 4.99. The van der Waals surface area contributed by atoms with Gasteiger partial charge in [-0.1, -0.05) is 11.6 Å². The van der Waals surface area contributed by atoms with Crippen LogP contribution in [0.3, 0.4) is 0 Å². The van der Waals surface area contributed by atoms with Crippen molar-refractivity contribution in [3.05, 3.63) is 46.7 Å². The Balaban J connectivity index is 1.64. The first-order chi connectivity index (χ1) is 14.9. The minimum atomic E-state index is -4.70. The van der Waals surface area contributed by atoms with Crippen molar-refractivity contribution in [3.63, 3.8) is 0 Å². The molecule has 1 amide bonds. The Hall–Kier alpha value is -2.57. The standard InChI is InChI=1S/C19H19ClF3N3O5S/c1-25-10-13(32(29,30)26-6-2-3-7-26)9-16(25)18(28)31-11-17(27)24-12-4-5-15(20)14(8-12)19(21,22)23/h4-5,8-10H,2-3,6-7,11H2,1H3,(H,24,27). The molecule has 13 heteroatoms. The van der Waals surface area contributed by atoms with Crippen LogP contribution in [0.25, 0.3) is 0 Å². The third-order valence-electron chi connectivity index (χ3n) is 4.78. The van der Waals surface area contributed by atoms with Gasteiger partial charge in [-0.3, -0.25) is 4.79 Å². The minimum Gasteiger partial charge on any atom is -0.451 e. The van der Waals surface area contributed by atoms with Gasteiger partial charge in [0.2, 0.25) is 10.0 Å². The van der Waals surface area contributed by atoms with Crippen molar-refractivity contribution in [1.82, 2.24) is 8.87 Å². The molecule has 0 radical (unpaired) electrons. The van der Waals surface area contributed by atoms with Crippen molar-refractivity contribution in [3.8, 4) is 0 Å². The Bertz CT molecular complexity index is 1140. The Labute approximate surface area is 186 Å². The number of benzene rings is 1. The third kappa shape index (κ3) is 5.25. The summed E-state index contributed by atoms with van der Waals surface area (Å²) in [7, 11) is -2.29. The average molecular weight is 494 g/mol. The molecule has 1 aliphatic rings. The number of ether oxygens (including phenoxy) is 1. The highest BCUT2D eigenvalue weighted by molar-refractivity contribution is 7.89. The molecule has 3 rings (SSSR count). The number of anilines is 1. The number of sulfonamides is 1. The summed E-state index contributed by atoms with van der Waals surface area (Å²) < 4.78 is 71.5. The molecule has 0 saturated carbocycles.